The summed E-state index contributed by atoms with van der Waals surface area (Å²) < 4.78 is 7.75. The first-order chi connectivity index (χ1) is 17.1. The second-order valence-electron chi connectivity index (χ2n) is 8.85. The highest BCUT2D eigenvalue weighted by atomic mass is 35.5. The molecule has 0 bridgehead atoms. The summed E-state index contributed by atoms with van der Waals surface area (Å²) >= 11 is 6.24. The molecule has 5 rings (SSSR count). The van der Waals surface area contributed by atoms with Crippen LogP contribution in [0.2, 0.25) is 5.02 Å². The summed E-state index contributed by atoms with van der Waals surface area (Å²) in [6.07, 6.45) is 3.56. The van der Waals surface area contributed by atoms with Crippen molar-refractivity contribution in [1.29, 1.82) is 0 Å². The molecule has 2 aliphatic rings. The maximum atomic E-state index is 13.0. The van der Waals surface area contributed by atoms with E-state index in [-0.39, 0.29) is 30.7 Å². The standard InChI is InChI=1S/C26H28ClN5O3/c27-20-7-4-8-21(15-20)32-24(16-23(29-32)26(34)31-17-25(33)28-18-31)19-6-3-9-22(14-19)35-13-5-12-30-10-1-2-11-30/h3-4,6-9,14-16H,1-2,5,10-13,17-18H2,(H,28,33). The van der Waals surface area contributed by atoms with E-state index in [1.54, 1.807) is 22.9 Å². The van der Waals surface area contributed by atoms with Crippen molar-refractivity contribution in [1.82, 2.24) is 24.9 Å². The maximum Gasteiger partial charge on any atom is 0.276 e. The summed E-state index contributed by atoms with van der Waals surface area (Å²) in [7, 11) is 0. The van der Waals surface area contributed by atoms with E-state index >= 15 is 0 Å². The van der Waals surface area contributed by atoms with Gasteiger partial charge in [0.25, 0.3) is 5.91 Å². The second kappa shape index (κ2) is 10.5. The van der Waals surface area contributed by atoms with Crippen LogP contribution >= 0.6 is 11.6 Å². The Hall–Kier alpha value is -3.36. The molecule has 9 heteroatoms. The van der Waals surface area contributed by atoms with Crippen LogP contribution in [0.15, 0.2) is 54.6 Å². The number of likely N-dealkylation sites (tertiary alicyclic amines) is 1. The Labute approximate surface area is 209 Å². The summed E-state index contributed by atoms with van der Waals surface area (Å²) in [4.78, 5) is 28.6. The monoisotopic (exact) mass is 493 g/mol. The van der Waals surface area contributed by atoms with E-state index in [1.165, 1.54) is 30.8 Å². The van der Waals surface area contributed by atoms with E-state index in [0.29, 0.717) is 11.6 Å². The van der Waals surface area contributed by atoms with Gasteiger partial charge in [0, 0.05) is 17.1 Å². The van der Waals surface area contributed by atoms with E-state index in [1.807, 2.05) is 36.4 Å². The van der Waals surface area contributed by atoms with Gasteiger partial charge in [0.1, 0.15) is 12.3 Å². The molecular formula is C26H28ClN5O3. The summed E-state index contributed by atoms with van der Waals surface area (Å²) in [5.74, 6) is 0.284. The van der Waals surface area contributed by atoms with Gasteiger partial charge in [-0.3, -0.25) is 9.59 Å². The molecule has 2 aliphatic heterocycles. The molecule has 2 saturated heterocycles. The fourth-order valence-electron chi connectivity index (χ4n) is 4.50. The van der Waals surface area contributed by atoms with Crippen molar-refractivity contribution in [2.45, 2.75) is 19.3 Å². The molecule has 1 N–H and O–H groups in total. The first-order valence-corrected chi connectivity index (χ1v) is 12.3. The van der Waals surface area contributed by atoms with Crippen LogP contribution in [-0.2, 0) is 4.79 Å². The first kappa shape index (κ1) is 23.4. The smallest absolute Gasteiger partial charge is 0.276 e. The van der Waals surface area contributed by atoms with Crippen molar-refractivity contribution in [3.05, 3.63) is 65.3 Å². The topological polar surface area (TPSA) is 79.7 Å². The Morgan fingerprint density at radius 1 is 1.09 bits per heavy atom. The summed E-state index contributed by atoms with van der Waals surface area (Å²) in [5, 5.41) is 7.83. The Morgan fingerprint density at radius 2 is 1.91 bits per heavy atom. The third-order valence-electron chi connectivity index (χ3n) is 6.29. The van der Waals surface area contributed by atoms with Gasteiger partial charge in [0.05, 0.1) is 24.7 Å². The number of rotatable bonds is 8. The number of amides is 2. The molecule has 35 heavy (non-hydrogen) atoms. The van der Waals surface area contributed by atoms with Crippen LogP contribution in [0.3, 0.4) is 0 Å². The lowest BCUT2D eigenvalue weighted by Gasteiger charge is -2.14. The molecule has 0 aliphatic carbocycles. The van der Waals surface area contributed by atoms with Crippen LogP contribution in [0.25, 0.3) is 16.9 Å². The van der Waals surface area contributed by atoms with E-state index in [0.717, 1.165) is 35.7 Å². The number of nitrogens with zero attached hydrogens (tertiary/aromatic N) is 4. The molecule has 0 unspecified atom stereocenters. The number of nitrogens with one attached hydrogen (secondary N) is 1. The van der Waals surface area contributed by atoms with Gasteiger partial charge in [-0.2, -0.15) is 5.10 Å². The van der Waals surface area contributed by atoms with Crippen LogP contribution in [0.4, 0.5) is 0 Å². The predicted molar refractivity (Wildman–Crippen MR) is 134 cm³/mol. The molecule has 8 nitrogen and oxygen atoms in total. The molecule has 2 fully saturated rings. The molecule has 3 heterocycles. The molecule has 1 aromatic heterocycles. The highest BCUT2D eigenvalue weighted by Crippen LogP contribution is 2.29. The number of ether oxygens (including phenoxy) is 1. The largest absolute Gasteiger partial charge is 0.494 e. The fourth-order valence-corrected chi connectivity index (χ4v) is 4.68. The average Bonchev–Trinajstić information content (AvgIpc) is 3.63. The normalized spacial score (nSPS) is 16.0. The zero-order chi connectivity index (χ0) is 24.2. The molecule has 3 aromatic rings. The molecule has 182 valence electrons. The molecular weight excluding hydrogens is 466 g/mol. The van der Waals surface area contributed by atoms with Crippen molar-refractivity contribution in [2.75, 3.05) is 39.5 Å². The van der Waals surface area contributed by atoms with Gasteiger partial charge in [0.15, 0.2) is 5.69 Å². The van der Waals surface area contributed by atoms with E-state index in [2.05, 4.69) is 15.3 Å². The lowest BCUT2D eigenvalue weighted by atomic mass is 10.1. The van der Waals surface area contributed by atoms with Crippen LogP contribution in [0.5, 0.6) is 5.75 Å². The SMILES string of the molecule is O=C1CN(C(=O)c2cc(-c3cccc(OCCCN4CCCC4)c3)n(-c3cccc(Cl)c3)n2)CN1. The summed E-state index contributed by atoms with van der Waals surface area (Å²) in [6, 6.07) is 16.9. The second-order valence-corrected chi connectivity index (χ2v) is 9.28. The minimum Gasteiger partial charge on any atom is -0.494 e. The van der Waals surface area contributed by atoms with Gasteiger partial charge in [0.2, 0.25) is 5.91 Å². The Balaban J connectivity index is 1.39. The van der Waals surface area contributed by atoms with Crippen molar-refractivity contribution in [3.63, 3.8) is 0 Å². The zero-order valence-corrected chi connectivity index (χ0v) is 20.2. The van der Waals surface area contributed by atoms with Crippen LogP contribution in [0, 0.1) is 0 Å². The molecule has 2 amide bonds. The number of benzene rings is 2. The lowest BCUT2D eigenvalue weighted by molar-refractivity contribution is -0.118. The van der Waals surface area contributed by atoms with Crippen LogP contribution in [0.1, 0.15) is 29.8 Å². The van der Waals surface area contributed by atoms with Gasteiger partial charge in [-0.1, -0.05) is 29.8 Å². The van der Waals surface area contributed by atoms with E-state index in [4.69, 9.17) is 16.3 Å². The Kier molecular flexibility index (Phi) is 7.01. The number of carbonyl (C=O) groups is 2. The summed E-state index contributed by atoms with van der Waals surface area (Å²) in [6.45, 7) is 4.28. The zero-order valence-electron chi connectivity index (χ0n) is 19.5. The van der Waals surface area contributed by atoms with Gasteiger partial charge in [-0.05, 0) is 68.8 Å². The third kappa shape index (κ3) is 5.49. The van der Waals surface area contributed by atoms with Gasteiger partial charge in [-0.25, -0.2) is 4.68 Å². The lowest BCUT2D eigenvalue weighted by Crippen LogP contribution is -2.30. The molecule has 0 saturated carbocycles. The van der Waals surface area contributed by atoms with Crippen LogP contribution in [-0.4, -0.2) is 70.8 Å². The molecule has 2 aromatic carbocycles. The Morgan fingerprint density at radius 3 is 2.69 bits per heavy atom. The average molecular weight is 494 g/mol. The quantitative estimate of drug-likeness (QED) is 0.485. The van der Waals surface area contributed by atoms with E-state index < -0.39 is 0 Å². The van der Waals surface area contributed by atoms with E-state index in [9.17, 15) is 9.59 Å². The Bertz CT molecular complexity index is 1220. The number of carbonyl (C=O) groups excluding carboxylic acids is 2. The molecule has 0 spiro atoms. The van der Waals surface area contributed by atoms with Crippen LogP contribution < -0.4 is 10.1 Å². The van der Waals surface area contributed by atoms with Gasteiger partial charge in [-0.15, -0.1) is 0 Å². The molecule has 0 radical (unpaired) electrons. The first-order valence-electron chi connectivity index (χ1n) is 11.9. The predicted octanol–water partition coefficient (Wildman–Crippen LogP) is 3.59. The van der Waals surface area contributed by atoms with Crippen molar-refractivity contribution < 1.29 is 14.3 Å². The van der Waals surface area contributed by atoms with Gasteiger partial charge < -0.3 is 19.9 Å². The maximum absolute atomic E-state index is 13.0. The van der Waals surface area contributed by atoms with Gasteiger partial charge >= 0.3 is 0 Å². The number of aromatic nitrogens is 2. The van der Waals surface area contributed by atoms with Crippen molar-refractivity contribution >= 4 is 23.4 Å². The minimum atomic E-state index is -0.306. The third-order valence-corrected chi connectivity index (χ3v) is 6.52. The number of hydrogen-bond acceptors (Lipinski definition) is 5. The highest BCUT2D eigenvalue weighted by molar-refractivity contribution is 6.30. The highest BCUT2D eigenvalue weighted by Gasteiger charge is 2.27. The number of halogens is 1. The van der Waals surface area contributed by atoms with Crippen molar-refractivity contribution in [3.8, 4) is 22.7 Å². The number of hydrogen-bond donors (Lipinski definition) is 1. The fraction of sp³-hybridized carbons (Fsp3) is 0.346. The van der Waals surface area contributed by atoms with Crippen molar-refractivity contribution in [2.24, 2.45) is 0 Å². The minimum absolute atomic E-state index is 0.0267. The summed E-state index contributed by atoms with van der Waals surface area (Å²) in [5.41, 5.74) is 2.59. The molecule has 0 atom stereocenters.